The first-order chi connectivity index (χ1) is 12.0. The quantitative estimate of drug-likeness (QED) is 0.708. The molecule has 10 heteroatoms. The van der Waals surface area contributed by atoms with Crippen LogP contribution in [-0.2, 0) is 10.0 Å². The molecule has 0 spiro atoms. The molecule has 0 bridgehead atoms. The summed E-state index contributed by atoms with van der Waals surface area (Å²) in [6, 6.07) is 10.9. The number of nitrogens with one attached hydrogen (secondary N) is 1. The van der Waals surface area contributed by atoms with Crippen molar-refractivity contribution in [1.82, 2.24) is 20.2 Å². The summed E-state index contributed by atoms with van der Waals surface area (Å²) < 4.78 is 39.2. The number of tetrazole rings is 1. The minimum absolute atomic E-state index is 0.119. The lowest BCUT2D eigenvalue weighted by Gasteiger charge is -2.12. The maximum absolute atomic E-state index is 12.5. The van der Waals surface area contributed by atoms with Crippen molar-refractivity contribution in [2.75, 3.05) is 18.9 Å². The average Bonchev–Trinajstić information content (AvgIpc) is 3.16. The molecule has 0 fully saturated rings. The predicted molar refractivity (Wildman–Crippen MR) is 89.5 cm³/mol. The third-order valence-electron chi connectivity index (χ3n) is 3.40. The molecule has 0 saturated carbocycles. The maximum Gasteiger partial charge on any atom is 0.261 e. The number of aromatic nitrogens is 4. The Labute approximate surface area is 144 Å². The molecule has 3 aromatic rings. The second kappa shape index (κ2) is 6.77. The molecule has 0 radical (unpaired) electrons. The SMILES string of the molecule is COc1ccc(S(=O)(=O)Nc2ccc(OC)c(-n3cnnn3)c2)cc1. The number of hydrogen-bond acceptors (Lipinski definition) is 7. The molecule has 0 atom stereocenters. The molecule has 0 saturated heterocycles. The third-order valence-corrected chi connectivity index (χ3v) is 4.79. The topological polar surface area (TPSA) is 108 Å². The lowest BCUT2D eigenvalue weighted by atomic mass is 10.2. The minimum Gasteiger partial charge on any atom is -0.497 e. The van der Waals surface area contributed by atoms with E-state index in [1.165, 1.54) is 37.4 Å². The van der Waals surface area contributed by atoms with Gasteiger partial charge in [0.25, 0.3) is 10.0 Å². The van der Waals surface area contributed by atoms with E-state index in [2.05, 4.69) is 20.2 Å². The van der Waals surface area contributed by atoms with Gasteiger partial charge in [-0.15, -0.1) is 5.10 Å². The van der Waals surface area contributed by atoms with Gasteiger partial charge in [0.05, 0.1) is 24.8 Å². The van der Waals surface area contributed by atoms with Crippen molar-refractivity contribution >= 4 is 15.7 Å². The molecule has 0 aliphatic heterocycles. The summed E-state index contributed by atoms with van der Waals surface area (Å²) in [5.41, 5.74) is 0.851. The fourth-order valence-electron chi connectivity index (χ4n) is 2.17. The lowest BCUT2D eigenvalue weighted by molar-refractivity contribution is 0.411. The molecule has 9 nitrogen and oxygen atoms in total. The fraction of sp³-hybridized carbons (Fsp3) is 0.133. The number of methoxy groups -OCH3 is 2. The van der Waals surface area contributed by atoms with E-state index in [0.717, 1.165) is 0 Å². The Morgan fingerprint density at radius 3 is 2.40 bits per heavy atom. The second-order valence-corrected chi connectivity index (χ2v) is 6.60. The van der Waals surface area contributed by atoms with E-state index in [9.17, 15) is 8.42 Å². The Morgan fingerprint density at radius 1 is 1.04 bits per heavy atom. The summed E-state index contributed by atoms with van der Waals surface area (Å²) in [7, 11) is -0.733. The van der Waals surface area contributed by atoms with Gasteiger partial charge in [-0.2, -0.15) is 4.68 Å². The van der Waals surface area contributed by atoms with Crippen LogP contribution in [0.3, 0.4) is 0 Å². The molecule has 0 unspecified atom stereocenters. The zero-order valence-corrected chi connectivity index (χ0v) is 14.3. The number of nitrogens with zero attached hydrogens (tertiary/aromatic N) is 4. The highest BCUT2D eigenvalue weighted by atomic mass is 32.2. The molecule has 2 aromatic carbocycles. The van der Waals surface area contributed by atoms with Crippen LogP contribution in [0.1, 0.15) is 0 Å². The van der Waals surface area contributed by atoms with Crippen LogP contribution in [0.4, 0.5) is 5.69 Å². The summed E-state index contributed by atoms with van der Waals surface area (Å²) in [4.78, 5) is 0.119. The summed E-state index contributed by atoms with van der Waals surface area (Å²) in [5.74, 6) is 1.07. The number of sulfonamides is 1. The highest BCUT2D eigenvalue weighted by Crippen LogP contribution is 2.27. The number of ether oxygens (including phenoxy) is 2. The highest BCUT2D eigenvalue weighted by Gasteiger charge is 2.16. The van der Waals surface area contributed by atoms with Gasteiger partial charge in [0, 0.05) is 0 Å². The van der Waals surface area contributed by atoms with Crippen molar-refractivity contribution < 1.29 is 17.9 Å². The average molecular weight is 361 g/mol. The summed E-state index contributed by atoms with van der Waals surface area (Å²) in [6.07, 6.45) is 1.39. The first kappa shape index (κ1) is 16.7. The molecule has 0 amide bonds. The van der Waals surface area contributed by atoms with Crippen molar-refractivity contribution in [3.63, 3.8) is 0 Å². The van der Waals surface area contributed by atoms with Crippen LogP contribution in [0, 0.1) is 0 Å². The molecule has 25 heavy (non-hydrogen) atoms. The van der Waals surface area contributed by atoms with Crippen molar-refractivity contribution in [2.24, 2.45) is 0 Å². The summed E-state index contributed by atoms with van der Waals surface area (Å²) in [6.45, 7) is 0. The van der Waals surface area contributed by atoms with Gasteiger partial charge >= 0.3 is 0 Å². The van der Waals surface area contributed by atoms with Gasteiger partial charge in [0.2, 0.25) is 0 Å². The Bertz CT molecular complexity index is 956. The van der Waals surface area contributed by atoms with Gasteiger partial charge in [-0.05, 0) is 52.9 Å². The summed E-state index contributed by atoms with van der Waals surface area (Å²) in [5, 5.41) is 10.9. The largest absolute Gasteiger partial charge is 0.497 e. The number of benzene rings is 2. The Balaban J connectivity index is 1.93. The third kappa shape index (κ3) is 3.53. The van der Waals surface area contributed by atoms with Crippen LogP contribution in [-0.4, -0.2) is 42.8 Å². The van der Waals surface area contributed by atoms with Crippen molar-refractivity contribution in [3.8, 4) is 17.2 Å². The predicted octanol–water partition coefficient (Wildman–Crippen LogP) is 1.48. The standard InChI is InChI=1S/C15H15N5O4S/c1-23-12-4-6-13(7-5-12)25(21,22)17-11-3-8-15(24-2)14(9-11)20-10-16-18-19-20/h3-10,17H,1-2H3. The monoisotopic (exact) mass is 361 g/mol. The number of rotatable bonds is 6. The van der Waals surface area contributed by atoms with E-state index in [1.54, 1.807) is 30.3 Å². The van der Waals surface area contributed by atoms with Gasteiger partial charge in [0.1, 0.15) is 23.5 Å². The zero-order valence-electron chi connectivity index (χ0n) is 13.4. The van der Waals surface area contributed by atoms with Crippen molar-refractivity contribution in [1.29, 1.82) is 0 Å². The normalized spacial score (nSPS) is 11.1. The maximum atomic E-state index is 12.5. The molecular formula is C15H15N5O4S. The molecule has 0 aliphatic carbocycles. The lowest BCUT2D eigenvalue weighted by Crippen LogP contribution is -2.13. The van der Waals surface area contributed by atoms with E-state index in [1.807, 2.05) is 0 Å². The van der Waals surface area contributed by atoms with Gasteiger partial charge in [-0.1, -0.05) is 0 Å². The van der Waals surface area contributed by atoms with Crippen LogP contribution in [0.2, 0.25) is 0 Å². The van der Waals surface area contributed by atoms with E-state index >= 15 is 0 Å². The summed E-state index contributed by atoms with van der Waals surface area (Å²) >= 11 is 0. The van der Waals surface area contributed by atoms with E-state index in [-0.39, 0.29) is 4.90 Å². The Kier molecular flexibility index (Phi) is 4.52. The molecule has 130 valence electrons. The van der Waals surface area contributed by atoms with Crippen molar-refractivity contribution in [2.45, 2.75) is 4.90 Å². The molecule has 1 heterocycles. The van der Waals surface area contributed by atoms with E-state index in [4.69, 9.17) is 9.47 Å². The first-order valence-electron chi connectivity index (χ1n) is 7.12. The molecule has 1 aromatic heterocycles. The fourth-order valence-corrected chi connectivity index (χ4v) is 3.22. The van der Waals surface area contributed by atoms with E-state index < -0.39 is 10.0 Å². The van der Waals surface area contributed by atoms with Crippen LogP contribution in [0.15, 0.2) is 53.7 Å². The number of hydrogen-bond donors (Lipinski definition) is 1. The Hall–Kier alpha value is -3.14. The van der Waals surface area contributed by atoms with E-state index in [0.29, 0.717) is 22.9 Å². The number of anilines is 1. The van der Waals surface area contributed by atoms with Gasteiger partial charge in [-0.25, -0.2) is 8.42 Å². The first-order valence-corrected chi connectivity index (χ1v) is 8.60. The van der Waals surface area contributed by atoms with Crippen LogP contribution in [0.25, 0.3) is 5.69 Å². The molecule has 3 rings (SSSR count). The highest BCUT2D eigenvalue weighted by molar-refractivity contribution is 7.92. The van der Waals surface area contributed by atoms with Gasteiger partial charge < -0.3 is 9.47 Å². The van der Waals surface area contributed by atoms with Crippen LogP contribution in [0.5, 0.6) is 11.5 Å². The van der Waals surface area contributed by atoms with Crippen LogP contribution >= 0.6 is 0 Å². The molecule has 0 aliphatic rings. The molecular weight excluding hydrogens is 346 g/mol. The van der Waals surface area contributed by atoms with Crippen LogP contribution < -0.4 is 14.2 Å². The Morgan fingerprint density at radius 2 is 1.80 bits per heavy atom. The second-order valence-electron chi connectivity index (χ2n) is 4.92. The zero-order chi connectivity index (χ0) is 17.9. The van der Waals surface area contributed by atoms with Crippen molar-refractivity contribution in [3.05, 3.63) is 48.8 Å². The minimum atomic E-state index is -3.75. The van der Waals surface area contributed by atoms with Gasteiger partial charge in [0.15, 0.2) is 0 Å². The molecule has 1 N–H and O–H groups in total. The van der Waals surface area contributed by atoms with Gasteiger partial charge in [-0.3, -0.25) is 4.72 Å². The smallest absolute Gasteiger partial charge is 0.261 e.